The normalized spacial score (nSPS) is 16.7. The van der Waals surface area contributed by atoms with E-state index in [9.17, 15) is 18.1 Å². The predicted octanol–water partition coefficient (Wildman–Crippen LogP) is 2.94. The third kappa shape index (κ3) is 2.61. The van der Waals surface area contributed by atoms with E-state index in [0.29, 0.717) is 32.0 Å². The van der Waals surface area contributed by atoms with E-state index in [0.717, 1.165) is 12.1 Å². The van der Waals surface area contributed by atoms with E-state index in [4.69, 9.17) is 4.74 Å². The van der Waals surface area contributed by atoms with Crippen LogP contribution in [0.2, 0.25) is 0 Å². The average Bonchev–Trinajstić information content (AvgIpc) is 2.38. The summed E-state index contributed by atoms with van der Waals surface area (Å²) in [6.45, 7) is 2.03. The zero-order chi connectivity index (χ0) is 13.2. The van der Waals surface area contributed by atoms with E-state index < -0.39 is 17.4 Å². The Morgan fingerprint density at radius 1 is 1.22 bits per heavy atom. The molecule has 0 spiro atoms. The van der Waals surface area contributed by atoms with Crippen molar-refractivity contribution in [2.24, 2.45) is 5.18 Å². The van der Waals surface area contributed by atoms with Crippen molar-refractivity contribution in [1.82, 2.24) is 0 Å². The van der Waals surface area contributed by atoms with Gasteiger partial charge in [0.1, 0.15) is 5.69 Å². The van der Waals surface area contributed by atoms with E-state index in [-0.39, 0.29) is 0 Å². The van der Waals surface area contributed by atoms with Gasteiger partial charge in [-0.1, -0.05) is 0 Å². The Balaban J connectivity index is 2.36. The summed E-state index contributed by atoms with van der Waals surface area (Å²) >= 11 is 0. The molecule has 2 rings (SSSR count). The molecule has 0 N–H and O–H groups in total. The molecule has 0 amide bonds. The molecule has 1 aromatic rings. The van der Waals surface area contributed by atoms with E-state index in [1.54, 1.807) is 4.90 Å². The van der Waals surface area contributed by atoms with Crippen molar-refractivity contribution in [2.75, 3.05) is 31.2 Å². The average molecular weight is 260 g/mol. The minimum Gasteiger partial charge on any atom is -0.378 e. The number of anilines is 1. The number of morpholine rings is 1. The Morgan fingerprint density at radius 3 is 2.44 bits per heavy atom. The second kappa shape index (κ2) is 4.93. The van der Waals surface area contributed by atoms with Crippen LogP contribution in [0.1, 0.15) is 5.56 Å². The number of alkyl halides is 3. The highest BCUT2D eigenvalue weighted by molar-refractivity contribution is 5.59. The first-order chi connectivity index (χ1) is 8.52. The first kappa shape index (κ1) is 12.8. The maximum atomic E-state index is 12.7. The largest absolute Gasteiger partial charge is 0.418 e. The van der Waals surface area contributed by atoms with Crippen LogP contribution < -0.4 is 4.90 Å². The zero-order valence-electron chi connectivity index (χ0n) is 9.41. The maximum absolute atomic E-state index is 12.7. The molecule has 0 bridgehead atoms. The van der Waals surface area contributed by atoms with Gasteiger partial charge in [0.25, 0.3) is 0 Å². The molecule has 4 nitrogen and oxygen atoms in total. The van der Waals surface area contributed by atoms with Crippen molar-refractivity contribution in [3.8, 4) is 0 Å². The Bertz CT molecular complexity index is 442. The summed E-state index contributed by atoms with van der Waals surface area (Å²) in [6, 6.07) is 3.53. The van der Waals surface area contributed by atoms with E-state index in [1.165, 1.54) is 6.07 Å². The number of nitrogens with zero attached hydrogens (tertiary/aromatic N) is 2. The van der Waals surface area contributed by atoms with Gasteiger partial charge in [0.2, 0.25) is 0 Å². The van der Waals surface area contributed by atoms with Crippen LogP contribution in [0.25, 0.3) is 0 Å². The van der Waals surface area contributed by atoms with Gasteiger partial charge in [-0.15, -0.1) is 4.91 Å². The van der Waals surface area contributed by atoms with Gasteiger partial charge < -0.3 is 9.64 Å². The molecule has 1 aromatic carbocycles. The summed E-state index contributed by atoms with van der Waals surface area (Å²) in [5.74, 6) is 0. The SMILES string of the molecule is O=Nc1ccc(N2CCOCC2)cc1C(F)(F)F. The molecule has 0 unspecified atom stereocenters. The molecule has 1 aliphatic heterocycles. The highest BCUT2D eigenvalue weighted by atomic mass is 19.4. The third-order valence-electron chi connectivity index (χ3n) is 2.76. The van der Waals surface area contributed by atoms with Crippen molar-refractivity contribution in [1.29, 1.82) is 0 Å². The molecule has 1 aliphatic rings. The zero-order valence-corrected chi connectivity index (χ0v) is 9.41. The number of hydrogen-bond acceptors (Lipinski definition) is 4. The third-order valence-corrected chi connectivity index (χ3v) is 2.76. The molecule has 7 heteroatoms. The van der Waals surface area contributed by atoms with Crippen LogP contribution >= 0.6 is 0 Å². The Morgan fingerprint density at radius 2 is 1.89 bits per heavy atom. The van der Waals surface area contributed by atoms with Crippen molar-refractivity contribution in [3.05, 3.63) is 28.7 Å². The predicted molar refractivity (Wildman–Crippen MR) is 59.9 cm³/mol. The molecule has 0 atom stereocenters. The Kier molecular flexibility index (Phi) is 3.51. The molecule has 0 aromatic heterocycles. The monoisotopic (exact) mass is 260 g/mol. The summed E-state index contributed by atoms with van der Waals surface area (Å²) in [5.41, 5.74) is -1.15. The first-order valence-electron chi connectivity index (χ1n) is 5.39. The molecule has 98 valence electrons. The van der Waals surface area contributed by atoms with Gasteiger partial charge in [0.15, 0.2) is 0 Å². The molecule has 1 heterocycles. The summed E-state index contributed by atoms with van der Waals surface area (Å²) in [5, 5.41) is 2.41. The fourth-order valence-electron chi connectivity index (χ4n) is 1.85. The molecule has 0 radical (unpaired) electrons. The number of halogens is 3. The lowest BCUT2D eigenvalue weighted by molar-refractivity contribution is -0.137. The summed E-state index contributed by atoms with van der Waals surface area (Å²) < 4.78 is 43.4. The van der Waals surface area contributed by atoms with Gasteiger partial charge in [-0.2, -0.15) is 13.2 Å². The van der Waals surface area contributed by atoms with Crippen LogP contribution in [0.4, 0.5) is 24.5 Å². The fraction of sp³-hybridized carbons (Fsp3) is 0.455. The number of nitroso groups, excluding NO2 is 1. The molecule has 1 saturated heterocycles. The van der Waals surface area contributed by atoms with Crippen LogP contribution in [0.15, 0.2) is 23.4 Å². The van der Waals surface area contributed by atoms with E-state index in [2.05, 4.69) is 5.18 Å². The van der Waals surface area contributed by atoms with Crippen LogP contribution in [-0.2, 0) is 10.9 Å². The summed E-state index contributed by atoms with van der Waals surface area (Å²) in [4.78, 5) is 12.2. The second-order valence-electron chi connectivity index (χ2n) is 3.89. The highest BCUT2D eigenvalue weighted by Crippen LogP contribution is 2.38. The quantitative estimate of drug-likeness (QED) is 0.768. The lowest BCUT2D eigenvalue weighted by Gasteiger charge is -2.29. The van der Waals surface area contributed by atoms with Crippen LogP contribution in [0.5, 0.6) is 0 Å². The van der Waals surface area contributed by atoms with E-state index in [1.807, 2.05) is 0 Å². The second-order valence-corrected chi connectivity index (χ2v) is 3.89. The van der Waals surface area contributed by atoms with Gasteiger partial charge in [0.05, 0.1) is 18.8 Å². The minimum atomic E-state index is -4.58. The van der Waals surface area contributed by atoms with Crippen molar-refractivity contribution < 1.29 is 17.9 Å². The van der Waals surface area contributed by atoms with E-state index >= 15 is 0 Å². The van der Waals surface area contributed by atoms with Gasteiger partial charge in [-0.3, -0.25) is 0 Å². The van der Waals surface area contributed by atoms with Gasteiger partial charge in [-0.05, 0) is 23.4 Å². The van der Waals surface area contributed by atoms with Gasteiger partial charge >= 0.3 is 6.18 Å². The standard InChI is InChI=1S/C11H11F3N2O2/c12-11(13,14)9-7-8(1-2-10(9)15-17)16-3-5-18-6-4-16/h1-2,7H,3-6H2. The first-order valence-corrected chi connectivity index (χ1v) is 5.39. The van der Waals surface area contributed by atoms with Crippen molar-refractivity contribution in [2.45, 2.75) is 6.18 Å². The molecule has 18 heavy (non-hydrogen) atoms. The van der Waals surface area contributed by atoms with Gasteiger partial charge in [-0.25, -0.2) is 0 Å². The highest BCUT2D eigenvalue weighted by Gasteiger charge is 2.34. The topological polar surface area (TPSA) is 41.9 Å². The van der Waals surface area contributed by atoms with Crippen molar-refractivity contribution >= 4 is 11.4 Å². The lowest BCUT2D eigenvalue weighted by Crippen LogP contribution is -2.36. The molecule has 1 fully saturated rings. The molecule has 0 aliphatic carbocycles. The molecule has 0 saturated carbocycles. The summed E-state index contributed by atoms with van der Waals surface area (Å²) in [7, 11) is 0. The minimum absolute atomic E-state index is 0.429. The fourth-order valence-corrected chi connectivity index (χ4v) is 1.85. The van der Waals surface area contributed by atoms with Crippen LogP contribution in [0, 0.1) is 4.91 Å². The number of ether oxygens (including phenoxy) is 1. The van der Waals surface area contributed by atoms with Gasteiger partial charge in [0, 0.05) is 18.8 Å². The van der Waals surface area contributed by atoms with Crippen LogP contribution in [-0.4, -0.2) is 26.3 Å². The summed E-state index contributed by atoms with van der Waals surface area (Å²) in [6.07, 6.45) is -4.58. The lowest BCUT2D eigenvalue weighted by atomic mass is 10.1. The number of hydrogen-bond donors (Lipinski definition) is 0. The number of benzene rings is 1. The number of rotatable bonds is 2. The van der Waals surface area contributed by atoms with Crippen LogP contribution in [0.3, 0.4) is 0 Å². The molecular formula is C11H11F3N2O2. The Hall–Kier alpha value is -1.63. The Labute approximate surface area is 101 Å². The molecular weight excluding hydrogens is 249 g/mol. The van der Waals surface area contributed by atoms with Crippen molar-refractivity contribution in [3.63, 3.8) is 0 Å². The maximum Gasteiger partial charge on any atom is 0.418 e. The smallest absolute Gasteiger partial charge is 0.378 e.